The Bertz CT molecular complexity index is 494. The largest absolute Gasteiger partial charge is 0.309 e. The molecule has 0 fully saturated rings. The summed E-state index contributed by atoms with van der Waals surface area (Å²) in [4.78, 5) is 4.68. The van der Waals surface area contributed by atoms with E-state index in [1.165, 1.54) is 5.56 Å². The molecule has 1 aromatic carbocycles. The van der Waals surface area contributed by atoms with Gasteiger partial charge in [0.05, 0.1) is 11.5 Å². The molecule has 1 rings (SSSR count). The number of hydrogen-bond donors (Lipinski definition) is 0. The summed E-state index contributed by atoms with van der Waals surface area (Å²) in [6, 6.07) is 14.1. The Kier molecular flexibility index (Phi) is 8.45. The second kappa shape index (κ2) is 9.81. The van der Waals surface area contributed by atoms with Gasteiger partial charge in [0.15, 0.2) is 0 Å². The molecule has 0 saturated carbocycles. The number of benzene rings is 1. The van der Waals surface area contributed by atoms with Gasteiger partial charge in [-0.05, 0) is 73.2 Å². The molecule has 0 spiro atoms. The van der Waals surface area contributed by atoms with Crippen molar-refractivity contribution >= 4 is 0 Å². The number of nitriles is 1. The Hall–Kier alpha value is -1.37. The van der Waals surface area contributed by atoms with Crippen molar-refractivity contribution < 1.29 is 0 Å². The first-order chi connectivity index (χ1) is 11.3. The molecule has 3 heteroatoms. The van der Waals surface area contributed by atoms with Crippen LogP contribution in [0.15, 0.2) is 30.3 Å². The minimum atomic E-state index is -0.390. The van der Waals surface area contributed by atoms with Crippen LogP contribution in [0.1, 0.15) is 52.5 Å². The molecule has 0 N–H and O–H groups in total. The van der Waals surface area contributed by atoms with E-state index in [1.807, 2.05) is 6.07 Å². The minimum Gasteiger partial charge on any atom is -0.309 e. The third-order valence-corrected chi connectivity index (χ3v) is 4.87. The van der Waals surface area contributed by atoms with E-state index in [1.54, 1.807) is 0 Å². The summed E-state index contributed by atoms with van der Waals surface area (Å²) in [5.41, 5.74) is 0.776. The standard InChI is InChI=1S/C21H35N3/c1-18(2)24(19(3)4)16-14-21(17-22,13-10-15-23(5)6)20-11-8-7-9-12-20/h7-9,11-12,18-19H,10,13-16H2,1-6H3. The number of nitrogens with zero attached hydrogens (tertiary/aromatic N) is 3. The van der Waals surface area contributed by atoms with Crippen molar-refractivity contribution in [2.45, 2.75) is 64.5 Å². The number of hydrogen-bond acceptors (Lipinski definition) is 3. The molecular formula is C21H35N3. The van der Waals surface area contributed by atoms with Crippen LogP contribution in [0.3, 0.4) is 0 Å². The van der Waals surface area contributed by atoms with Gasteiger partial charge in [-0.25, -0.2) is 0 Å². The molecule has 134 valence electrons. The van der Waals surface area contributed by atoms with Crippen LogP contribution in [0.2, 0.25) is 0 Å². The zero-order chi connectivity index (χ0) is 18.2. The van der Waals surface area contributed by atoms with Gasteiger partial charge in [-0.1, -0.05) is 30.3 Å². The van der Waals surface area contributed by atoms with Crippen LogP contribution in [0.25, 0.3) is 0 Å². The van der Waals surface area contributed by atoms with Crippen molar-refractivity contribution in [2.75, 3.05) is 27.2 Å². The van der Waals surface area contributed by atoms with Crippen molar-refractivity contribution in [3.63, 3.8) is 0 Å². The lowest BCUT2D eigenvalue weighted by Crippen LogP contribution is -2.40. The molecule has 0 amide bonds. The van der Waals surface area contributed by atoms with Crippen LogP contribution >= 0.6 is 0 Å². The summed E-state index contributed by atoms with van der Waals surface area (Å²) < 4.78 is 0. The molecule has 0 aliphatic heterocycles. The molecule has 0 heterocycles. The SMILES string of the molecule is CC(C)N(CCC(C#N)(CCCN(C)C)c1ccccc1)C(C)C. The van der Waals surface area contributed by atoms with Gasteiger partial charge in [0.1, 0.15) is 0 Å². The molecule has 1 aromatic rings. The molecule has 3 nitrogen and oxygen atoms in total. The van der Waals surface area contributed by atoms with Crippen molar-refractivity contribution in [3.8, 4) is 6.07 Å². The van der Waals surface area contributed by atoms with Crippen LogP contribution in [-0.2, 0) is 5.41 Å². The average molecular weight is 330 g/mol. The lowest BCUT2D eigenvalue weighted by atomic mass is 9.75. The highest BCUT2D eigenvalue weighted by Crippen LogP contribution is 2.33. The molecule has 0 aliphatic rings. The average Bonchev–Trinajstić information content (AvgIpc) is 2.53. The van der Waals surface area contributed by atoms with E-state index in [0.29, 0.717) is 12.1 Å². The van der Waals surface area contributed by atoms with E-state index in [-0.39, 0.29) is 5.41 Å². The van der Waals surface area contributed by atoms with Gasteiger partial charge < -0.3 is 4.90 Å². The van der Waals surface area contributed by atoms with Gasteiger partial charge in [0.2, 0.25) is 0 Å². The summed E-state index contributed by atoms with van der Waals surface area (Å²) in [6.07, 6.45) is 2.84. The van der Waals surface area contributed by atoms with E-state index in [0.717, 1.165) is 32.4 Å². The zero-order valence-electron chi connectivity index (χ0n) is 16.4. The normalized spacial score (nSPS) is 14.4. The summed E-state index contributed by atoms with van der Waals surface area (Å²) in [5.74, 6) is 0. The van der Waals surface area contributed by atoms with E-state index < -0.39 is 0 Å². The topological polar surface area (TPSA) is 30.3 Å². The second-order valence-corrected chi connectivity index (χ2v) is 7.64. The maximum absolute atomic E-state index is 10.1. The fourth-order valence-electron chi connectivity index (χ4n) is 3.48. The fraction of sp³-hybridized carbons (Fsp3) is 0.667. The first kappa shape index (κ1) is 20.7. The summed E-state index contributed by atoms with van der Waals surface area (Å²) in [7, 11) is 4.19. The van der Waals surface area contributed by atoms with Gasteiger partial charge in [-0.2, -0.15) is 5.26 Å². The molecular weight excluding hydrogens is 294 g/mol. The third kappa shape index (κ3) is 5.92. The van der Waals surface area contributed by atoms with Gasteiger partial charge in [0.25, 0.3) is 0 Å². The van der Waals surface area contributed by atoms with Crippen molar-refractivity contribution in [1.29, 1.82) is 5.26 Å². The molecule has 0 radical (unpaired) electrons. The highest BCUT2D eigenvalue weighted by Gasteiger charge is 2.32. The van der Waals surface area contributed by atoms with Crippen LogP contribution in [0.5, 0.6) is 0 Å². The van der Waals surface area contributed by atoms with E-state index in [9.17, 15) is 5.26 Å². The Labute approximate surface area is 149 Å². The predicted octanol–water partition coefficient (Wildman–Crippen LogP) is 4.30. The third-order valence-electron chi connectivity index (χ3n) is 4.87. The molecule has 0 bridgehead atoms. The van der Waals surface area contributed by atoms with E-state index in [2.05, 4.69) is 81.9 Å². The quantitative estimate of drug-likeness (QED) is 0.641. The van der Waals surface area contributed by atoms with Crippen LogP contribution < -0.4 is 0 Å². The van der Waals surface area contributed by atoms with Crippen molar-refractivity contribution in [1.82, 2.24) is 9.80 Å². The Morgan fingerprint density at radius 3 is 2.00 bits per heavy atom. The maximum Gasteiger partial charge on any atom is 0.0835 e. The molecule has 0 saturated heterocycles. The van der Waals surface area contributed by atoms with Gasteiger partial charge in [0, 0.05) is 18.6 Å². The number of rotatable bonds is 10. The van der Waals surface area contributed by atoms with Crippen molar-refractivity contribution in [3.05, 3.63) is 35.9 Å². The fourth-order valence-corrected chi connectivity index (χ4v) is 3.48. The maximum atomic E-state index is 10.1. The molecule has 1 atom stereocenters. The Morgan fingerprint density at radius 1 is 0.958 bits per heavy atom. The molecule has 1 unspecified atom stereocenters. The van der Waals surface area contributed by atoms with Gasteiger partial charge >= 0.3 is 0 Å². The molecule has 0 aromatic heterocycles. The minimum absolute atomic E-state index is 0.390. The zero-order valence-corrected chi connectivity index (χ0v) is 16.4. The predicted molar refractivity (Wildman–Crippen MR) is 103 cm³/mol. The lowest BCUT2D eigenvalue weighted by Gasteiger charge is -2.35. The highest BCUT2D eigenvalue weighted by atomic mass is 15.2. The van der Waals surface area contributed by atoms with Crippen LogP contribution in [0.4, 0.5) is 0 Å². The summed E-state index contributed by atoms with van der Waals surface area (Å²) in [6.45, 7) is 10.9. The smallest absolute Gasteiger partial charge is 0.0835 e. The van der Waals surface area contributed by atoms with Gasteiger partial charge in [-0.3, -0.25) is 4.90 Å². The highest BCUT2D eigenvalue weighted by molar-refractivity contribution is 5.32. The Balaban J connectivity index is 2.97. The first-order valence-electron chi connectivity index (χ1n) is 9.19. The van der Waals surface area contributed by atoms with Gasteiger partial charge in [-0.15, -0.1) is 0 Å². The lowest BCUT2D eigenvalue weighted by molar-refractivity contribution is 0.160. The second-order valence-electron chi connectivity index (χ2n) is 7.64. The summed E-state index contributed by atoms with van der Waals surface area (Å²) >= 11 is 0. The first-order valence-corrected chi connectivity index (χ1v) is 9.19. The monoisotopic (exact) mass is 329 g/mol. The van der Waals surface area contributed by atoms with E-state index in [4.69, 9.17) is 0 Å². The molecule has 0 aliphatic carbocycles. The van der Waals surface area contributed by atoms with Crippen LogP contribution in [-0.4, -0.2) is 49.1 Å². The Morgan fingerprint density at radius 2 is 1.54 bits per heavy atom. The van der Waals surface area contributed by atoms with Crippen LogP contribution in [0, 0.1) is 11.3 Å². The van der Waals surface area contributed by atoms with Crippen molar-refractivity contribution in [2.24, 2.45) is 0 Å². The summed E-state index contributed by atoms with van der Waals surface area (Å²) in [5, 5.41) is 10.1. The molecule has 24 heavy (non-hydrogen) atoms. The van der Waals surface area contributed by atoms with E-state index >= 15 is 0 Å².